The number of methoxy groups -OCH3 is 1. The number of nitrogens with zero attached hydrogens (tertiary/aromatic N) is 4. The number of rotatable bonds is 5. The molecule has 198 valence electrons. The van der Waals surface area contributed by atoms with Crippen LogP contribution in [0.3, 0.4) is 0 Å². The van der Waals surface area contributed by atoms with Gasteiger partial charge in [-0.3, -0.25) is 29.6 Å². The molecule has 1 saturated heterocycles. The highest BCUT2D eigenvalue weighted by molar-refractivity contribution is 7.22. The fraction of sp³-hybridized carbons (Fsp3) is 0.214. The van der Waals surface area contributed by atoms with Crippen LogP contribution in [0.5, 0.6) is 5.75 Å². The highest BCUT2D eigenvalue weighted by atomic mass is 32.1. The molecule has 1 amide bonds. The van der Waals surface area contributed by atoms with E-state index in [9.17, 15) is 24.8 Å². The zero-order valence-electron chi connectivity index (χ0n) is 21.5. The van der Waals surface area contributed by atoms with Gasteiger partial charge in [0, 0.05) is 29.5 Å². The van der Waals surface area contributed by atoms with E-state index < -0.39 is 22.7 Å². The van der Waals surface area contributed by atoms with Crippen molar-refractivity contribution in [1.29, 1.82) is 0 Å². The van der Waals surface area contributed by atoms with Crippen molar-refractivity contribution in [1.82, 2.24) is 9.97 Å². The van der Waals surface area contributed by atoms with Crippen molar-refractivity contribution in [3.8, 4) is 5.75 Å². The average molecular weight is 545 g/mol. The Kier molecular flexibility index (Phi) is 6.39. The summed E-state index contributed by atoms with van der Waals surface area (Å²) in [5.41, 5.74) is 1.37. The summed E-state index contributed by atoms with van der Waals surface area (Å²) in [6, 6.07) is 13.3. The number of nitro benzene ring substituents is 1. The fourth-order valence-corrected chi connectivity index (χ4v) is 5.59. The summed E-state index contributed by atoms with van der Waals surface area (Å²) in [6.07, 6.45) is 1.53. The number of pyridine rings is 1. The molecule has 10 nitrogen and oxygen atoms in total. The van der Waals surface area contributed by atoms with Gasteiger partial charge in [0.05, 0.1) is 33.5 Å². The van der Waals surface area contributed by atoms with Gasteiger partial charge < -0.3 is 9.84 Å². The minimum absolute atomic E-state index is 0.116. The number of hydrogen-bond donors (Lipinski definition) is 1. The number of hydrogen-bond acceptors (Lipinski definition) is 9. The van der Waals surface area contributed by atoms with Crippen LogP contribution in [0.4, 0.5) is 10.8 Å². The Hall–Kier alpha value is -4.64. The number of aromatic nitrogens is 2. The van der Waals surface area contributed by atoms with Gasteiger partial charge in [-0.05, 0) is 41.8 Å². The topological polar surface area (TPSA) is 136 Å². The summed E-state index contributed by atoms with van der Waals surface area (Å²) in [6.45, 7) is 6.00. The third-order valence-electron chi connectivity index (χ3n) is 6.47. The molecule has 11 heteroatoms. The van der Waals surface area contributed by atoms with Crippen LogP contribution < -0.4 is 9.64 Å². The van der Waals surface area contributed by atoms with Crippen LogP contribution in [-0.4, -0.2) is 38.8 Å². The first-order chi connectivity index (χ1) is 18.5. The summed E-state index contributed by atoms with van der Waals surface area (Å²) in [4.78, 5) is 47.7. The van der Waals surface area contributed by atoms with E-state index in [-0.39, 0.29) is 27.6 Å². The summed E-state index contributed by atoms with van der Waals surface area (Å²) in [7, 11) is 1.56. The molecule has 0 saturated carbocycles. The van der Waals surface area contributed by atoms with E-state index in [0.29, 0.717) is 27.2 Å². The summed E-state index contributed by atoms with van der Waals surface area (Å²) < 4.78 is 5.98. The average Bonchev–Trinajstić information content (AvgIpc) is 3.45. The fourth-order valence-electron chi connectivity index (χ4n) is 4.56. The van der Waals surface area contributed by atoms with Gasteiger partial charge in [-0.2, -0.15) is 0 Å². The molecule has 0 aliphatic carbocycles. The first kappa shape index (κ1) is 26.0. The van der Waals surface area contributed by atoms with Crippen LogP contribution >= 0.6 is 11.3 Å². The SMILES string of the molecule is COc1ccc(/C(O)=C2\C(=O)C(=O)N(c3nc4ccc([N+](=O)[O-])cc4s3)C2c2ccccn2)cc1C(C)(C)C. The van der Waals surface area contributed by atoms with Crippen LogP contribution in [0.25, 0.3) is 16.0 Å². The summed E-state index contributed by atoms with van der Waals surface area (Å²) in [5.74, 6) is -1.49. The molecule has 1 atom stereocenters. The molecule has 1 aliphatic heterocycles. The number of non-ortho nitro benzene ring substituents is 1. The van der Waals surface area contributed by atoms with E-state index in [2.05, 4.69) is 9.97 Å². The Morgan fingerprint density at radius 3 is 2.54 bits per heavy atom. The van der Waals surface area contributed by atoms with Crippen molar-refractivity contribution in [2.75, 3.05) is 12.0 Å². The second kappa shape index (κ2) is 9.59. The van der Waals surface area contributed by atoms with Gasteiger partial charge in [-0.25, -0.2) is 4.98 Å². The van der Waals surface area contributed by atoms with E-state index in [4.69, 9.17) is 4.74 Å². The molecule has 1 fully saturated rings. The number of benzene rings is 2. The second-order valence-electron chi connectivity index (χ2n) is 9.99. The zero-order valence-corrected chi connectivity index (χ0v) is 22.4. The Morgan fingerprint density at radius 2 is 1.90 bits per heavy atom. The number of anilines is 1. The van der Waals surface area contributed by atoms with Crippen molar-refractivity contribution in [2.24, 2.45) is 0 Å². The molecule has 1 aliphatic rings. The van der Waals surface area contributed by atoms with E-state index in [1.165, 1.54) is 29.3 Å². The van der Waals surface area contributed by atoms with Crippen molar-refractivity contribution < 1.29 is 24.4 Å². The smallest absolute Gasteiger partial charge is 0.301 e. The lowest BCUT2D eigenvalue weighted by Crippen LogP contribution is -2.29. The molecular weight excluding hydrogens is 520 g/mol. The van der Waals surface area contributed by atoms with Crippen molar-refractivity contribution >= 4 is 49.8 Å². The molecule has 2 aromatic carbocycles. The number of nitro groups is 1. The third-order valence-corrected chi connectivity index (χ3v) is 7.49. The first-order valence-corrected chi connectivity index (χ1v) is 12.8. The Balaban J connectivity index is 1.71. The predicted octanol–water partition coefficient (Wildman–Crippen LogP) is 5.53. The van der Waals surface area contributed by atoms with E-state index in [1.807, 2.05) is 20.8 Å². The van der Waals surface area contributed by atoms with Crippen molar-refractivity contribution in [3.63, 3.8) is 0 Å². The minimum atomic E-state index is -1.07. The maximum Gasteiger partial charge on any atom is 0.301 e. The van der Waals surface area contributed by atoms with Gasteiger partial charge in [0.2, 0.25) is 0 Å². The number of aliphatic hydroxyl groups is 1. The molecule has 1 unspecified atom stereocenters. The number of fused-ring (bicyclic) bond motifs is 1. The zero-order chi connectivity index (χ0) is 28.1. The molecule has 39 heavy (non-hydrogen) atoms. The van der Waals surface area contributed by atoms with Crippen LogP contribution in [0.15, 0.2) is 66.4 Å². The number of aliphatic hydroxyl groups excluding tert-OH is 1. The van der Waals surface area contributed by atoms with Gasteiger partial charge in [-0.1, -0.05) is 38.2 Å². The maximum absolute atomic E-state index is 13.5. The number of ether oxygens (including phenoxy) is 1. The lowest BCUT2D eigenvalue weighted by Gasteiger charge is -2.24. The van der Waals surface area contributed by atoms with Gasteiger partial charge in [0.15, 0.2) is 5.13 Å². The minimum Gasteiger partial charge on any atom is -0.507 e. The highest BCUT2D eigenvalue weighted by Gasteiger charge is 2.49. The van der Waals surface area contributed by atoms with Crippen molar-refractivity contribution in [2.45, 2.75) is 32.2 Å². The van der Waals surface area contributed by atoms with E-state index in [0.717, 1.165) is 16.9 Å². The van der Waals surface area contributed by atoms with Gasteiger partial charge in [0.25, 0.3) is 11.5 Å². The van der Waals surface area contributed by atoms with E-state index >= 15 is 0 Å². The van der Waals surface area contributed by atoms with Crippen LogP contribution in [0, 0.1) is 10.1 Å². The Labute approximate surface area is 227 Å². The number of Topliss-reactive ketones (excluding diaryl/α,β-unsaturated/α-hetero) is 1. The molecule has 0 spiro atoms. The number of thiazole rings is 1. The standard InChI is InChI=1S/C28H24N4O6S/c1-28(2,3)17-13-15(8-11-20(17)38-4)24(33)22-23(19-7-5-6-12-29-19)31(26(35)25(22)34)27-30-18-10-9-16(32(36)37)14-21(18)39-27/h5-14,23,33H,1-4H3/b24-22+. The third kappa shape index (κ3) is 4.50. The lowest BCUT2D eigenvalue weighted by atomic mass is 9.84. The molecule has 4 aromatic rings. The van der Waals surface area contributed by atoms with Crippen LogP contribution in [0.2, 0.25) is 0 Å². The van der Waals surface area contributed by atoms with Gasteiger partial charge >= 0.3 is 5.91 Å². The second-order valence-corrected chi connectivity index (χ2v) is 11.0. The van der Waals surface area contributed by atoms with Crippen LogP contribution in [0.1, 0.15) is 43.6 Å². The highest BCUT2D eigenvalue weighted by Crippen LogP contribution is 2.44. The number of ketones is 1. The Bertz CT molecular complexity index is 1670. The monoisotopic (exact) mass is 544 g/mol. The molecule has 1 N–H and O–H groups in total. The molecule has 3 heterocycles. The number of carbonyl (C=O) groups excluding carboxylic acids is 2. The van der Waals surface area contributed by atoms with Gasteiger partial charge in [-0.15, -0.1) is 0 Å². The predicted molar refractivity (Wildman–Crippen MR) is 147 cm³/mol. The molecular formula is C28H24N4O6S. The summed E-state index contributed by atoms with van der Waals surface area (Å²) >= 11 is 1.04. The largest absolute Gasteiger partial charge is 0.507 e. The maximum atomic E-state index is 13.5. The lowest BCUT2D eigenvalue weighted by molar-refractivity contribution is -0.384. The quantitative estimate of drug-likeness (QED) is 0.114. The summed E-state index contributed by atoms with van der Waals surface area (Å²) in [5, 5.41) is 22.9. The molecule has 5 rings (SSSR count). The van der Waals surface area contributed by atoms with Crippen molar-refractivity contribution in [3.05, 3.63) is 93.3 Å². The molecule has 0 bridgehead atoms. The normalized spacial score (nSPS) is 17.1. The first-order valence-electron chi connectivity index (χ1n) is 12.0. The number of amides is 1. The molecule has 2 aromatic heterocycles. The Morgan fingerprint density at radius 1 is 1.13 bits per heavy atom. The molecule has 0 radical (unpaired) electrons. The van der Waals surface area contributed by atoms with E-state index in [1.54, 1.807) is 43.5 Å². The number of carbonyl (C=O) groups is 2. The van der Waals surface area contributed by atoms with Crippen LogP contribution in [-0.2, 0) is 15.0 Å². The van der Waals surface area contributed by atoms with Gasteiger partial charge in [0.1, 0.15) is 17.6 Å².